The van der Waals surface area contributed by atoms with E-state index in [0.29, 0.717) is 0 Å². The third-order valence-corrected chi connectivity index (χ3v) is 3.90. The first-order valence-electron chi connectivity index (χ1n) is 6.21. The minimum atomic E-state index is -4.42. The van der Waals surface area contributed by atoms with Crippen molar-refractivity contribution in [2.24, 2.45) is 5.41 Å². The maximum Gasteiger partial charge on any atom is 0.379 e. The van der Waals surface area contributed by atoms with Gasteiger partial charge in [0, 0.05) is 5.41 Å². The highest BCUT2D eigenvalue weighted by Crippen LogP contribution is 2.35. The highest BCUT2D eigenvalue weighted by molar-refractivity contribution is 7.92. The standard InChI is InChI=1S/C12H18F2O8S/c1-11(2,3)9(12(13,14)10(17)18)22-8(16)6-23(19,20)5-7(15)21-4/h9H,5-6H2,1-4H3,(H,17,18). The van der Waals surface area contributed by atoms with Crippen LogP contribution in [0, 0.1) is 5.41 Å². The van der Waals surface area contributed by atoms with Crippen molar-refractivity contribution in [3.8, 4) is 0 Å². The van der Waals surface area contributed by atoms with Gasteiger partial charge in [-0.3, -0.25) is 9.59 Å². The smallest absolute Gasteiger partial charge is 0.379 e. The van der Waals surface area contributed by atoms with Crippen molar-refractivity contribution in [2.45, 2.75) is 32.8 Å². The lowest BCUT2D eigenvalue weighted by Gasteiger charge is -2.33. The molecule has 0 amide bonds. The summed E-state index contributed by atoms with van der Waals surface area (Å²) in [5, 5.41) is 8.55. The first-order chi connectivity index (χ1) is 10.1. The Kier molecular flexibility index (Phi) is 6.64. The Morgan fingerprint density at radius 3 is 1.87 bits per heavy atom. The van der Waals surface area contributed by atoms with E-state index >= 15 is 0 Å². The number of carbonyl (C=O) groups is 3. The lowest BCUT2D eigenvalue weighted by molar-refractivity contribution is -0.206. The van der Waals surface area contributed by atoms with Gasteiger partial charge in [-0.2, -0.15) is 8.78 Å². The number of rotatable bonds is 7. The van der Waals surface area contributed by atoms with E-state index in [1.807, 2.05) is 0 Å². The van der Waals surface area contributed by atoms with E-state index in [4.69, 9.17) is 5.11 Å². The lowest BCUT2D eigenvalue weighted by atomic mass is 9.85. The van der Waals surface area contributed by atoms with Gasteiger partial charge in [-0.25, -0.2) is 13.2 Å². The number of carbonyl (C=O) groups excluding carboxylic acids is 2. The lowest BCUT2D eigenvalue weighted by Crippen LogP contribution is -2.51. The number of aliphatic carboxylic acids is 1. The number of hydrogen-bond donors (Lipinski definition) is 1. The summed E-state index contributed by atoms with van der Waals surface area (Å²) >= 11 is 0. The third kappa shape index (κ3) is 6.47. The number of alkyl halides is 2. The quantitative estimate of drug-likeness (QED) is 0.641. The zero-order chi connectivity index (χ0) is 18.6. The summed E-state index contributed by atoms with van der Waals surface area (Å²) in [5.41, 5.74) is -1.48. The molecule has 0 radical (unpaired) electrons. The van der Waals surface area contributed by atoms with Gasteiger partial charge in [-0.15, -0.1) is 0 Å². The second kappa shape index (κ2) is 7.20. The summed E-state index contributed by atoms with van der Waals surface area (Å²) in [6, 6.07) is 0. The Morgan fingerprint density at radius 1 is 1.09 bits per heavy atom. The molecule has 0 fully saturated rings. The molecule has 134 valence electrons. The summed E-state index contributed by atoms with van der Waals surface area (Å²) in [5.74, 6) is -12.1. The fraction of sp³-hybridized carbons (Fsp3) is 0.750. The number of sulfone groups is 1. The maximum atomic E-state index is 13.7. The predicted octanol–water partition coefficient (Wildman–Crippen LogP) is 0.252. The SMILES string of the molecule is COC(=O)CS(=O)(=O)CC(=O)OC(C(C)(C)C)C(F)(F)C(=O)O. The third-order valence-electron chi connectivity index (χ3n) is 2.55. The molecule has 1 atom stereocenters. The molecule has 0 aromatic rings. The molecule has 23 heavy (non-hydrogen) atoms. The van der Waals surface area contributed by atoms with Crippen LogP contribution in [0.2, 0.25) is 0 Å². The summed E-state index contributed by atoms with van der Waals surface area (Å²) in [6.07, 6.45) is -2.40. The van der Waals surface area contributed by atoms with Crippen LogP contribution in [0.4, 0.5) is 8.78 Å². The molecule has 0 aromatic carbocycles. The number of esters is 2. The minimum Gasteiger partial charge on any atom is -0.477 e. The molecule has 0 saturated heterocycles. The summed E-state index contributed by atoms with van der Waals surface area (Å²) < 4.78 is 58.9. The van der Waals surface area contributed by atoms with Gasteiger partial charge >= 0.3 is 23.8 Å². The van der Waals surface area contributed by atoms with Gasteiger partial charge in [0.25, 0.3) is 0 Å². The zero-order valence-corrected chi connectivity index (χ0v) is 13.8. The van der Waals surface area contributed by atoms with Crippen molar-refractivity contribution >= 4 is 27.7 Å². The average molecular weight is 360 g/mol. The summed E-state index contributed by atoms with van der Waals surface area (Å²) in [7, 11) is -3.36. The van der Waals surface area contributed by atoms with Gasteiger partial charge in [-0.05, 0) is 0 Å². The fourth-order valence-corrected chi connectivity index (χ4v) is 2.55. The molecule has 0 aromatic heterocycles. The number of methoxy groups -OCH3 is 1. The molecule has 0 saturated carbocycles. The van der Waals surface area contributed by atoms with Crippen molar-refractivity contribution < 1.29 is 46.2 Å². The number of hydrogen-bond acceptors (Lipinski definition) is 7. The van der Waals surface area contributed by atoms with Crippen molar-refractivity contribution in [3.05, 3.63) is 0 Å². The largest absolute Gasteiger partial charge is 0.477 e. The van der Waals surface area contributed by atoms with Crippen LogP contribution in [-0.2, 0) is 33.7 Å². The van der Waals surface area contributed by atoms with Crippen molar-refractivity contribution in [2.75, 3.05) is 18.6 Å². The van der Waals surface area contributed by atoms with E-state index in [0.717, 1.165) is 7.11 Å². The molecule has 0 aliphatic heterocycles. The molecule has 8 nitrogen and oxygen atoms in total. The molecule has 1 N–H and O–H groups in total. The monoisotopic (exact) mass is 360 g/mol. The zero-order valence-electron chi connectivity index (χ0n) is 13.0. The van der Waals surface area contributed by atoms with Crippen molar-refractivity contribution in [1.29, 1.82) is 0 Å². The van der Waals surface area contributed by atoms with Crippen LogP contribution in [0.25, 0.3) is 0 Å². The molecule has 0 heterocycles. The van der Waals surface area contributed by atoms with Crippen LogP contribution in [0.1, 0.15) is 20.8 Å². The van der Waals surface area contributed by atoms with E-state index in [1.54, 1.807) is 0 Å². The molecule has 11 heteroatoms. The van der Waals surface area contributed by atoms with E-state index < -0.39 is 56.7 Å². The van der Waals surface area contributed by atoms with Crippen LogP contribution in [-0.4, -0.2) is 62.1 Å². The Bertz CT molecular complexity index is 576. The Hall–Kier alpha value is -1.78. The predicted molar refractivity (Wildman–Crippen MR) is 72.6 cm³/mol. The first kappa shape index (κ1) is 21.2. The van der Waals surface area contributed by atoms with Gasteiger partial charge in [0.15, 0.2) is 15.9 Å². The minimum absolute atomic E-state index is 0.930. The van der Waals surface area contributed by atoms with E-state index in [1.165, 1.54) is 20.8 Å². The molecular weight excluding hydrogens is 342 g/mol. The van der Waals surface area contributed by atoms with Gasteiger partial charge in [-0.1, -0.05) is 20.8 Å². The van der Waals surface area contributed by atoms with Gasteiger partial charge < -0.3 is 14.6 Å². The highest BCUT2D eigenvalue weighted by Gasteiger charge is 2.55. The van der Waals surface area contributed by atoms with Crippen LogP contribution in [0.5, 0.6) is 0 Å². The molecule has 0 aliphatic rings. The second-order valence-electron chi connectivity index (χ2n) is 5.77. The fourth-order valence-electron chi connectivity index (χ4n) is 1.54. The molecule has 0 rings (SSSR count). The normalized spacial score (nSPS) is 14.0. The summed E-state index contributed by atoms with van der Waals surface area (Å²) in [6.45, 7) is 3.60. The van der Waals surface area contributed by atoms with Crippen LogP contribution >= 0.6 is 0 Å². The van der Waals surface area contributed by atoms with Gasteiger partial charge in [0.2, 0.25) is 0 Å². The molecule has 1 unspecified atom stereocenters. The maximum absolute atomic E-state index is 13.7. The van der Waals surface area contributed by atoms with Crippen LogP contribution in [0.3, 0.4) is 0 Å². The molecular formula is C12H18F2O8S. The van der Waals surface area contributed by atoms with Gasteiger partial charge in [0.1, 0.15) is 11.5 Å². The molecule has 0 bridgehead atoms. The topological polar surface area (TPSA) is 124 Å². The Balaban J connectivity index is 5.22. The van der Waals surface area contributed by atoms with E-state index in [2.05, 4.69) is 9.47 Å². The van der Waals surface area contributed by atoms with Crippen LogP contribution in [0.15, 0.2) is 0 Å². The Labute approximate surface area is 131 Å². The number of halogens is 2. The second-order valence-corrected chi connectivity index (χ2v) is 7.84. The van der Waals surface area contributed by atoms with Crippen molar-refractivity contribution in [1.82, 2.24) is 0 Å². The van der Waals surface area contributed by atoms with E-state index in [-0.39, 0.29) is 0 Å². The number of carboxylic acid groups (broad SMARTS) is 1. The van der Waals surface area contributed by atoms with Gasteiger partial charge in [0.05, 0.1) is 7.11 Å². The van der Waals surface area contributed by atoms with E-state index in [9.17, 15) is 31.6 Å². The van der Waals surface area contributed by atoms with Crippen molar-refractivity contribution in [3.63, 3.8) is 0 Å². The highest BCUT2D eigenvalue weighted by atomic mass is 32.2. The molecule has 0 aliphatic carbocycles. The summed E-state index contributed by atoms with van der Waals surface area (Å²) in [4.78, 5) is 33.1. The first-order valence-corrected chi connectivity index (χ1v) is 8.03. The number of carboxylic acids is 1. The Morgan fingerprint density at radius 2 is 1.52 bits per heavy atom. The number of ether oxygens (including phenoxy) is 2. The average Bonchev–Trinajstić information content (AvgIpc) is 2.32. The molecule has 0 spiro atoms. The van der Waals surface area contributed by atoms with Crippen LogP contribution < -0.4 is 0 Å².